The van der Waals surface area contributed by atoms with Crippen LogP contribution in [0.25, 0.3) is 0 Å². The van der Waals surface area contributed by atoms with Gasteiger partial charge in [-0.3, -0.25) is 9.48 Å². The van der Waals surface area contributed by atoms with Crippen molar-refractivity contribution in [3.8, 4) is 0 Å². The molecule has 0 atom stereocenters. The van der Waals surface area contributed by atoms with E-state index in [0.29, 0.717) is 17.4 Å². The summed E-state index contributed by atoms with van der Waals surface area (Å²) in [6.45, 7) is 3.06. The Kier molecular flexibility index (Phi) is 4.57. The van der Waals surface area contributed by atoms with Crippen LogP contribution in [0.5, 0.6) is 0 Å². The van der Waals surface area contributed by atoms with Crippen LogP contribution in [-0.4, -0.2) is 27.2 Å². The molecule has 2 aromatic rings. The van der Waals surface area contributed by atoms with Crippen LogP contribution in [0.1, 0.15) is 23.1 Å². The predicted octanol–water partition coefficient (Wildman–Crippen LogP) is 1.83. The highest BCUT2D eigenvalue weighted by molar-refractivity contribution is 6.33. The number of amides is 1. The number of aryl methyl sites for hydroxylation is 1. The highest BCUT2D eigenvalue weighted by Crippen LogP contribution is 2.16. The van der Waals surface area contributed by atoms with Crippen LogP contribution in [0.3, 0.4) is 0 Å². The van der Waals surface area contributed by atoms with E-state index in [9.17, 15) is 4.79 Å². The van der Waals surface area contributed by atoms with Crippen LogP contribution in [0.15, 0.2) is 24.4 Å². The van der Waals surface area contributed by atoms with Gasteiger partial charge in [-0.15, -0.1) is 0 Å². The zero-order valence-corrected chi connectivity index (χ0v) is 12.1. The topological polar surface area (TPSA) is 71.8 Å². The summed E-state index contributed by atoms with van der Waals surface area (Å²) in [6, 6.07) is 5.24. The Hall–Kier alpha value is -2.08. The minimum Gasteiger partial charge on any atom is -0.370 e. The van der Waals surface area contributed by atoms with E-state index in [1.807, 2.05) is 20.0 Å². The molecule has 2 heterocycles. The fourth-order valence-electron chi connectivity index (χ4n) is 1.71. The summed E-state index contributed by atoms with van der Waals surface area (Å²) in [7, 11) is 1.82. The number of carbonyl (C=O) groups excluding carboxylic acids is 1. The number of anilines is 1. The van der Waals surface area contributed by atoms with Gasteiger partial charge in [-0.2, -0.15) is 5.10 Å². The van der Waals surface area contributed by atoms with Gasteiger partial charge in [-0.25, -0.2) is 4.98 Å². The molecular formula is C13H16ClN5O. The molecule has 0 aliphatic carbocycles. The smallest absolute Gasteiger partial charge is 0.271 e. The predicted molar refractivity (Wildman–Crippen MR) is 77.8 cm³/mol. The van der Waals surface area contributed by atoms with Crippen molar-refractivity contribution in [1.29, 1.82) is 0 Å². The van der Waals surface area contributed by atoms with Crippen molar-refractivity contribution < 1.29 is 4.79 Å². The van der Waals surface area contributed by atoms with E-state index in [1.165, 1.54) is 0 Å². The third kappa shape index (κ3) is 3.27. The Morgan fingerprint density at radius 2 is 2.20 bits per heavy atom. The lowest BCUT2D eigenvalue weighted by Gasteiger charge is -2.08. The molecule has 0 bridgehead atoms. The number of hydrogen-bond acceptors (Lipinski definition) is 4. The zero-order valence-electron chi connectivity index (χ0n) is 11.4. The molecular weight excluding hydrogens is 278 g/mol. The summed E-state index contributed by atoms with van der Waals surface area (Å²) < 4.78 is 1.70. The lowest BCUT2D eigenvalue weighted by atomic mass is 10.3. The molecule has 0 unspecified atom stereocenters. The lowest BCUT2D eigenvalue weighted by Crippen LogP contribution is -2.25. The molecule has 2 N–H and O–H groups in total. The summed E-state index contributed by atoms with van der Waals surface area (Å²) >= 11 is 6.01. The minimum absolute atomic E-state index is 0.215. The van der Waals surface area contributed by atoms with Crippen molar-refractivity contribution >= 4 is 23.3 Å². The SMILES string of the molecule is CCNc1ccc(Cl)c(C(=O)NCc2ccnn2C)n1. The van der Waals surface area contributed by atoms with Gasteiger partial charge in [0.1, 0.15) is 11.5 Å². The Bertz CT molecular complexity index is 611. The van der Waals surface area contributed by atoms with Crippen molar-refractivity contribution in [3.05, 3.63) is 40.8 Å². The van der Waals surface area contributed by atoms with E-state index in [2.05, 4.69) is 20.7 Å². The van der Waals surface area contributed by atoms with Gasteiger partial charge in [-0.1, -0.05) is 11.6 Å². The van der Waals surface area contributed by atoms with Gasteiger partial charge in [-0.05, 0) is 25.1 Å². The normalized spacial score (nSPS) is 10.3. The van der Waals surface area contributed by atoms with E-state index in [4.69, 9.17) is 11.6 Å². The number of nitrogens with one attached hydrogen (secondary N) is 2. The number of carbonyl (C=O) groups is 1. The van der Waals surface area contributed by atoms with Gasteiger partial charge in [0, 0.05) is 19.8 Å². The summed E-state index contributed by atoms with van der Waals surface area (Å²) in [5, 5.41) is 10.2. The van der Waals surface area contributed by atoms with Crippen LogP contribution < -0.4 is 10.6 Å². The first-order chi connectivity index (χ1) is 9.61. The van der Waals surface area contributed by atoms with Crippen LogP contribution in [-0.2, 0) is 13.6 Å². The summed E-state index contributed by atoms with van der Waals surface area (Å²) in [5.74, 6) is 0.318. The van der Waals surface area contributed by atoms with Gasteiger partial charge in [0.15, 0.2) is 0 Å². The molecule has 0 radical (unpaired) electrons. The maximum Gasteiger partial charge on any atom is 0.271 e. The molecule has 106 valence electrons. The summed E-state index contributed by atoms with van der Waals surface area (Å²) in [4.78, 5) is 16.3. The molecule has 6 nitrogen and oxygen atoms in total. The quantitative estimate of drug-likeness (QED) is 0.882. The van der Waals surface area contributed by atoms with Gasteiger partial charge in [0.2, 0.25) is 0 Å². The van der Waals surface area contributed by atoms with Gasteiger partial charge < -0.3 is 10.6 Å². The number of nitrogens with zero attached hydrogens (tertiary/aromatic N) is 3. The molecule has 0 aromatic carbocycles. The van der Waals surface area contributed by atoms with Crippen LogP contribution in [0, 0.1) is 0 Å². The van der Waals surface area contributed by atoms with E-state index < -0.39 is 0 Å². The first-order valence-corrected chi connectivity index (χ1v) is 6.65. The molecule has 0 saturated carbocycles. The van der Waals surface area contributed by atoms with Crippen molar-refractivity contribution in [2.45, 2.75) is 13.5 Å². The molecule has 0 spiro atoms. The largest absolute Gasteiger partial charge is 0.370 e. The molecule has 0 aliphatic heterocycles. The van der Waals surface area contributed by atoms with Crippen LogP contribution in [0.2, 0.25) is 5.02 Å². The molecule has 7 heteroatoms. The Balaban J connectivity index is 2.08. The highest BCUT2D eigenvalue weighted by atomic mass is 35.5. The zero-order chi connectivity index (χ0) is 14.5. The van der Waals surface area contributed by atoms with Crippen molar-refractivity contribution in [1.82, 2.24) is 20.1 Å². The standard InChI is InChI=1S/C13H16ClN5O/c1-3-15-11-5-4-10(14)12(18-11)13(20)16-8-9-6-7-17-19(9)2/h4-7H,3,8H2,1-2H3,(H,15,18)(H,16,20). The maximum absolute atomic E-state index is 12.1. The molecule has 2 aromatic heterocycles. The molecule has 1 amide bonds. The summed E-state index contributed by atoms with van der Waals surface area (Å²) in [6.07, 6.45) is 1.68. The second kappa shape index (κ2) is 6.38. The Labute approximate surface area is 122 Å². The third-order valence-electron chi connectivity index (χ3n) is 2.77. The maximum atomic E-state index is 12.1. The number of halogens is 1. The second-order valence-electron chi connectivity index (χ2n) is 4.19. The van der Waals surface area contributed by atoms with E-state index >= 15 is 0 Å². The van der Waals surface area contributed by atoms with Crippen molar-refractivity contribution in [2.24, 2.45) is 7.05 Å². The first kappa shape index (κ1) is 14.3. The highest BCUT2D eigenvalue weighted by Gasteiger charge is 2.13. The van der Waals surface area contributed by atoms with E-state index in [0.717, 1.165) is 12.2 Å². The second-order valence-corrected chi connectivity index (χ2v) is 4.59. The molecule has 2 rings (SSSR count). The number of rotatable bonds is 5. The average molecular weight is 294 g/mol. The van der Waals surface area contributed by atoms with Crippen molar-refractivity contribution in [2.75, 3.05) is 11.9 Å². The first-order valence-electron chi connectivity index (χ1n) is 6.27. The average Bonchev–Trinajstić information content (AvgIpc) is 2.84. The fraction of sp³-hybridized carbons (Fsp3) is 0.308. The van der Waals surface area contributed by atoms with Crippen LogP contribution >= 0.6 is 11.6 Å². The number of hydrogen-bond donors (Lipinski definition) is 2. The molecule has 0 aliphatic rings. The fourth-order valence-corrected chi connectivity index (χ4v) is 1.90. The van der Waals surface area contributed by atoms with Gasteiger partial charge in [0.25, 0.3) is 5.91 Å². The third-order valence-corrected chi connectivity index (χ3v) is 3.08. The Morgan fingerprint density at radius 3 is 2.85 bits per heavy atom. The number of aromatic nitrogens is 3. The molecule has 0 fully saturated rings. The van der Waals surface area contributed by atoms with E-state index in [1.54, 1.807) is 23.0 Å². The van der Waals surface area contributed by atoms with Gasteiger partial charge in [0.05, 0.1) is 17.3 Å². The molecule has 0 saturated heterocycles. The summed E-state index contributed by atoms with van der Waals surface area (Å²) in [5.41, 5.74) is 1.12. The van der Waals surface area contributed by atoms with Gasteiger partial charge >= 0.3 is 0 Å². The molecule has 20 heavy (non-hydrogen) atoms. The van der Waals surface area contributed by atoms with E-state index in [-0.39, 0.29) is 11.6 Å². The monoisotopic (exact) mass is 293 g/mol. The minimum atomic E-state index is -0.309. The lowest BCUT2D eigenvalue weighted by molar-refractivity contribution is 0.0945. The van der Waals surface area contributed by atoms with Crippen molar-refractivity contribution in [3.63, 3.8) is 0 Å². The number of pyridine rings is 1. The van der Waals surface area contributed by atoms with Crippen LogP contribution in [0.4, 0.5) is 5.82 Å². The Morgan fingerprint density at radius 1 is 1.40 bits per heavy atom.